The van der Waals surface area contributed by atoms with Crippen LogP contribution in [0.5, 0.6) is 0 Å². The Balaban J connectivity index is 1.86. The third-order valence-electron chi connectivity index (χ3n) is 2.56. The Morgan fingerprint density at radius 1 is 1.67 bits per heavy atom. The number of hydrogen-bond acceptors (Lipinski definition) is 4. The van der Waals surface area contributed by atoms with E-state index in [4.69, 9.17) is 4.98 Å². The number of thioether (sulfide) groups is 1. The number of aromatic nitrogens is 1. The summed E-state index contributed by atoms with van der Waals surface area (Å²) >= 11 is 3.80. The van der Waals surface area contributed by atoms with Crippen LogP contribution in [-0.2, 0) is 5.75 Å². The first-order valence-corrected chi connectivity index (χ1v) is 7.69. The summed E-state index contributed by atoms with van der Waals surface area (Å²) in [7, 11) is 0. The zero-order chi connectivity index (χ0) is 10.5. The van der Waals surface area contributed by atoms with E-state index in [1.807, 2.05) is 23.1 Å². The molecule has 4 heteroatoms. The number of thiazole rings is 1. The lowest BCUT2D eigenvalue weighted by atomic mass is 10.2. The van der Waals surface area contributed by atoms with Crippen molar-refractivity contribution in [2.24, 2.45) is 0 Å². The lowest BCUT2D eigenvalue weighted by molar-refractivity contribution is 0.630. The zero-order valence-electron chi connectivity index (χ0n) is 9.16. The fourth-order valence-electron chi connectivity index (χ4n) is 1.79. The molecule has 1 aliphatic rings. The highest BCUT2D eigenvalue weighted by Crippen LogP contribution is 2.26. The van der Waals surface area contributed by atoms with Crippen LogP contribution in [0.3, 0.4) is 0 Å². The Bertz CT molecular complexity index is 293. The lowest BCUT2D eigenvalue weighted by Gasteiger charge is -2.04. The monoisotopic (exact) mass is 242 g/mol. The smallest absolute Gasteiger partial charge is 0.103 e. The molecule has 15 heavy (non-hydrogen) atoms. The van der Waals surface area contributed by atoms with Crippen molar-refractivity contribution in [3.05, 3.63) is 16.1 Å². The van der Waals surface area contributed by atoms with Crippen molar-refractivity contribution in [1.82, 2.24) is 10.3 Å². The fraction of sp³-hybridized carbons (Fsp3) is 0.727. The third kappa shape index (κ3) is 3.20. The van der Waals surface area contributed by atoms with E-state index >= 15 is 0 Å². The van der Waals surface area contributed by atoms with Gasteiger partial charge in [0, 0.05) is 11.1 Å². The topological polar surface area (TPSA) is 24.9 Å². The van der Waals surface area contributed by atoms with Crippen LogP contribution in [0.1, 0.15) is 42.9 Å². The molecule has 2 rings (SSSR count). The SMILES string of the molecule is CCCSCc1nc([C@H]2CCCN2)cs1. The van der Waals surface area contributed by atoms with Gasteiger partial charge in [0.25, 0.3) is 0 Å². The first kappa shape index (κ1) is 11.4. The summed E-state index contributed by atoms with van der Waals surface area (Å²) in [5.41, 5.74) is 1.27. The molecule has 0 saturated carbocycles. The Morgan fingerprint density at radius 2 is 2.60 bits per heavy atom. The fourth-order valence-corrected chi connectivity index (χ4v) is 3.62. The van der Waals surface area contributed by atoms with Crippen molar-refractivity contribution < 1.29 is 0 Å². The molecule has 84 valence electrons. The molecule has 2 heterocycles. The van der Waals surface area contributed by atoms with E-state index in [0.29, 0.717) is 6.04 Å². The normalized spacial score (nSPS) is 21.0. The Hall–Kier alpha value is -0.0600. The summed E-state index contributed by atoms with van der Waals surface area (Å²) in [5, 5.41) is 7.01. The molecule has 1 aromatic heterocycles. The minimum Gasteiger partial charge on any atom is -0.309 e. The van der Waals surface area contributed by atoms with Crippen molar-refractivity contribution in [3.63, 3.8) is 0 Å². The van der Waals surface area contributed by atoms with Crippen molar-refractivity contribution >= 4 is 23.1 Å². The average Bonchev–Trinajstić information content (AvgIpc) is 2.87. The van der Waals surface area contributed by atoms with Crippen LogP contribution in [-0.4, -0.2) is 17.3 Å². The van der Waals surface area contributed by atoms with E-state index < -0.39 is 0 Å². The number of hydrogen-bond donors (Lipinski definition) is 1. The van der Waals surface area contributed by atoms with Crippen LogP contribution in [0.25, 0.3) is 0 Å². The van der Waals surface area contributed by atoms with Gasteiger partial charge in [0.2, 0.25) is 0 Å². The van der Waals surface area contributed by atoms with E-state index in [1.54, 1.807) is 0 Å². The molecule has 0 aliphatic carbocycles. The van der Waals surface area contributed by atoms with Crippen molar-refractivity contribution in [2.75, 3.05) is 12.3 Å². The van der Waals surface area contributed by atoms with E-state index in [0.717, 1.165) is 12.3 Å². The molecule has 1 saturated heterocycles. The zero-order valence-corrected chi connectivity index (χ0v) is 10.8. The second-order valence-corrected chi connectivity index (χ2v) is 5.92. The van der Waals surface area contributed by atoms with Gasteiger partial charge in [0.15, 0.2) is 0 Å². The Labute approximate surface area is 99.9 Å². The van der Waals surface area contributed by atoms with Gasteiger partial charge in [-0.2, -0.15) is 11.8 Å². The first-order chi connectivity index (χ1) is 7.40. The summed E-state index contributed by atoms with van der Waals surface area (Å²) in [5.74, 6) is 2.34. The molecule has 0 aromatic carbocycles. The number of nitrogens with zero attached hydrogens (tertiary/aromatic N) is 1. The minimum atomic E-state index is 0.533. The molecule has 0 unspecified atom stereocenters. The van der Waals surface area contributed by atoms with Gasteiger partial charge in [0.05, 0.1) is 11.7 Å². The summed E-state index contributed by atoms with van der Waals surface area (Å²) in [6, 6.07) is 0.533. The second-order valence-electron chi connectivity index (χ2n) is 3.87. The highest BCUT2D eigenvalue weighted by Gasteiger charge is 2.18. The molecule has 1 aromatic rings. The van der Waals surface area contributed by atoms with E-state index in [9.17, 15) is 0 Å². The first-order valence-electron chi connectivity index (χ1n) is 5.65. The largest absolute Gasteiger partial charge is 0.309 e. The lowest BCUT2D eigenvalue weighted by Crippen LogP contribution is -2.13. The molecule has 1 N–H and O–H groups in total. The standard InChI is InChI=1S/C11H18N2S2/c1-2-6-14-8-11-13-10(7-15-11)9-4-3-5-12-9/h7,9,12H,2-6,8H2,1H3/t9-/m1/s1. The highest BCUT2D eigenvalue weighted by atomic mass is 32.2. The quantitative estimate of drug-likeness (QED) is 0.803. The summed E-state index contributed by atoms with van der Waals surface area (Å²) in [6.07, 6.45) is 3.81. The molecule has 0 radical (unpaired) electrons. The number of nitrogens with one attached hydrogen (secondary N) is 1. The minimum absolute atomic E-state index is 0.533. The Morgan fingerprint density at radius 3 is 3.33 bits per heavy atom. The van der Waals surface area contributed by atoms with Crippen molar-refractivity contribution in [2.45, 2.75) is 38.0 Å². The molecule has 1 fully saturated rings. The maximum atomic E-state index is 4.70. The summed E-state index contributed by atoms with van der Waals surface area (Å²) in [6.45, 7) is 3.38. The summed E-state index contributed by atoms with van der Waals surface area (Å²) < 4.78 is 0. The van der Waals surface area contributed by atoms with Gasteiger partial charge in [-0.1, -0.05) is 6.92 Å². The van der Waals surface area contributed by atoms with E-state index in [-0.39, 0.29) is 0 Å². The third-order valence-corrected chi connectivity index (χ3v) is 4.79. The van der Waals surface area contributed by atoms with Crippen LogP contribution in [0.4, 0.5) is 0 Å². The molecule has 0 amide bonds. The van der Waals surface area contributed by atoms with Crippen LogP contribution in [0, 0.1) is 0 Å². The van der Waals surface area contributed by atoms with Crippen LogP contribution in [0.2, 0.25) is 0 Å². The predicted octanol–water partition coefficient (Wildman–Crippen LogP) is 3.21. The van der Waals surface area contributed by atoms with E-state index in [1.165, 1.54) is 35.7 Å². The van der Waals surface area contributed by atoms with Crippen LogP contribution < -0.4 is 5.32 Å². The predicted molar refractivity (Wildman–Crippen MR) is 68.5 cm³/mol. The molecular formula is C11H18N2S2. The van der Waals surface area contributed by atoms with Gasteiger partial charge < -0.3 is 5.32 Å². The molecule has 1 aliphatic heterocycles. The van der Waals surface area contributed by atoms with E-state index in [2.05, 4.69) is 17.6 Å². The van der Waals surface area contributed by atoms with Gasteiger partial charge in [0.1, 0.15) is 5.01 Å². The molecule has 1 atom stereocenters. The molecule has 0 spiro atoms. The summed E-state index contributed by atoms with van der Waals surface area (Å²) in [4.78, 5) is 4.70. The molecular weight excluding hydrogens is 224 g/mol. The molecule has 0 bridgehead atoms. The van der Waals surface area contributed by atoms with Crippen molar-refractivity contribution in [1.29, 1.82) is 0 Å². The van der Waals surface area contributed by atoms with Gasteiger partial charge in [-0.15, -0.1) is 11.3 Å². The van der Waals surface area contributed by atoms with Crippen LogP contribution >= 0.6 is 23.1 Å². The van der Waals surface area contributed by atoms with Crippen molar-refractivity contribution in [3.8, 4) is 0 Å². The second kappa shape index (κ2) is 5.87. The average molecular weight is 242 g/mol. The van der Waals surface area contributed by atoms with Gasteiger partial charge in [-0.05, 0) is 31.6 Å². The maximum Gasteiger partial charge on any atom is 0.103 e. The van der Waals surface area contributed by atoms with Crippen LogP contribution in [0.15, 0.2) is 5.38 Å². The van der Waals surface area contributed by atoms with Gasteiger partial charge in [-0.25, -0.2) is 4.98 Å². The number of rotatable bonds is 5. The molecule has 2 nitrogen and oxygen atoms in total. The maximum absolute atomic E-state index is 4.70. The van der Waals surface area contributed by atoms with Gasteiger partial charge >= 0.3 is 0 Å². The van der Waals surface area contributed by atoms with Gasteiger partial charge in [-0.3, -0.25) is 0 Å². The Kier molecular flexibility index (Phi) is 4.47. The highest BCUT2D eigenvalue weighted by molar-refractivity contribution is 7.98.